The fourth-order valence-electron chi connectivity index (χ4n) is 2.11. The summed E-state index contributed by atoms with van der Waals surface area (Å²) in [6.45, 7) is 8.58. The summed E-state index contributed by atoms with van der Waals surface area (Å²) in [4.78, 5) is 11.7. The van der Waals surface area contributed by atoms with E-state index in [1.54, 1.807) is 7.05 Å². The van der Waals surface area contributed by atoms with Crippen LogP contribution in [-0.2, 0) is 0 Å². The molecule has 0 aliphatic rings. The van der Waals surface area contributed by atoms with E-state index in [0.717, 1.165) is 23.2 Å². The minimum absolute atomic E-state index is 0.0336. The lowest BCUT2D eigenvalue weighted by atomic mass is 9.99. The van der Waals surface area contributed by atoms with E-state index >= 15 is 0 Å². The summed E-state index contributed by atoms with van der Waals surface area (Å²) >= 11 is 0. The quantitative estimate of drug-likeness (QED) is 0.840. The van der Waals surface area contributed by atoms with Crippen molar-refractivity contribution in [2.24, 2.45) is 5.92 Å². The molecule has 0 aliphatic carbocycles. The molecular weight excluding hydrogens is 224 g/mol. The number of carbonyl (C=O) groups is 1. The maximum Gasteiger partial charge on any atom is 0.251 e. The Hall–Kier alpha value is -1.51. The van der Waals surface area contributed by atoms with E-state index in [1.807, 2.05) is 25.1 Å². The maximum atomic E-state index is 11.7. The molecule has 1 amide bonds. The van der Waals surface area contributed by atoms with E-state index in [1.165, 1.54) is 0 Å². The molecule has 0 fully saturated rings. The van der Waals surface area contributed by atoms with E-state index in [2.05, 4.69) is 31.4 Å². The van der Waals surface area contributed by atoms with Crippen molar-refractivity contribution in [3.05, 3.63) is 29.3 Å². The second kappa shape index (κ2) is 6.43. The second-order valence-corrected chi connectivity index (χ2v) is 4.96. The van der Waals surface area contributed by atoms with E-state index in [9.17, 15) is 4.79 Å². The molecule has 2 N–H and O–H groups in total. The number of hydrogen-bond donors (Lipinski definition) is 2. The van der Waals surface area contributed by atoms with Gasteiger partial charge in [-0.25, -0.2) is 0 Å². The fraction of sp³-hybridized carbons (Fsp3) is 0.533. The van der Waals surface area contributed by atoms with Crippen LogP contribution in [0, 0.1) is 12.8 Å². The van der Waals surface area contributed by atoms with Gasteiger partial charge in [0.1, 0.15) is 0 Å². The van der Waals surface area contributed by atoms with Crippen LogP contribution >= 0.6 is 0 Å². The summed E-state index contributed by atoms with van der Waals surface area (Å²) in [6.07, 6.45) is 1.07. The number of anilines is 1. The molecule has 0 bridgehead atoms. The summed E-state index contributed by atoms with van der Waals surface area (Å²) in [5, 5.41) is 6.21. The summed E-state index contributed by atoms with van der Waals surface area (Å²) in [6, 6.07) is 6.25. The molecule has 1 atom stereocenters. The van der Waals surface area contributed by atoms with Gasteiger partial charge in [0.15, 0.2) is 0 Å². The van der Waals surface area contributed by atoms with Crippen molar-refractivity contribution in [3.8, 4) is 0 Å². The third-order valence-electron chi connectivity index (χ3n) is 3.39. The van der Waals surface area contributed by atoms with Gasteiger partial charge < -0.3 is 10.6 Å². The van der Waals surface area contributed by atoms with Gasteiger partial charge in [-0.05, 0) is 37.0 Å². The molecule has 1 aromatic carbocycles. The first kappa shape index (κ1) is 14.6. The van der Waals surface area contributed by atoms with E-state index in [0.29, 0.717) is 12.0 Å². The zero-order chi connectivity index (χ0) is 13.7. The molecule has 0 spiro atoms. The van der Waals surface area contributed by atoms with Crippen LogP contribution in [0.1, 0.15) is 43.1 Å². The average molecular weight is 248 g/mol. The Labute approximate surface area is 110 Å². The van der Waals surface area contributed by atoms with Crippen molar-refractivity contribution < 1.29 is 4.79 Å². The van der Waals surface area contributed by atoms with Crippen LogP contribution in [-0.4, -0.2) is 19.0 Å². The molecular formula is C15H24N2O. The summed E-state index contributed by atoms with van der Waals surface area (Å²) < 4.78 is 0. The first-order chi connectivity index (χ1) is 8.51. The van der Waals surface area contributed by atoms with Crippen LogP contribution in [0.15, 0.2) is 18.2 Å². The molecule has 0 radical (unpaired) electrons. The van der Waals surface area contributed by atoms with Gasteiger partial charge in [0.05, 0.1) is 0 Å². The van der Waals surface area contributed by atoms with Crippen molar-refractivity contribution in [3.63, 3.8) is 0 Å². The average Bonchev–Trinajstić information content (AvgIpc) is 2.36. The lowest BCUT2D eigenvalue weighted by molar-refractivity contribution is 0.0962. The van der Waals surface area contributed by atoms with Gasteiger partial charge in [0.2, 0.25) is 0 Å². The summed E-state index contributed by atoms with van der Waals surface area (Å²) in [5.41, 5.74) is 2.80. The monoisotopic (exact) mass is 248 g/mol. The highest BCUT2D eigenvalue weighted by Crippen LogP contribution is 2.22. The Morgan fingerprint density at radius 3 is 2.50 bits per heavy atom. The number of carbonyl (C=O) groups excluding carboxylic acids is 1. The van der Waals surface area contributed by atoms with Gasteiger partial charge in [-0.1, -0.05) is 26.8 Å². The maximum absolute atomic E-state index is 11.7. The third-order valence-corrected chi connectivity index (χ3v) is 3.39. The summed E-state index contributed by atoms with van der Waals surface area (Å²) in [7, 11) is 1.66. The predicted octanol–water partition coefficient (Wildman–Crippen LogP) is 3.20. The normalized spacial score (nSPS) is 12.3. The molecule has 18 heavy (non-hydrogen) atoms. The lowest BCUT2D eigenvalue weighted by Crippen LogP contribution is -2.26. The van der Waals surface area contributed by atoms with Gasteiger partial charge in [-0.2, -0.15) is 0 Å². The topological polar surface area (TPSA) is 41.1 Å². The second-order valence-electron chi connectivity index (χ2n) is 4.96. The number of amides is 1. The predicted molar refractivity (Wildman–Crippen MR) is 77.1 cm³/mol. The first-order valence-electron chi connectivity index (χ1n) is 6.59. The Morgan fingerprint density at radius 1 is 1.33 bits per heavy atom. The molecule has 0 aromatic heterocycles. The fourth-order valence-corrected chi connectivity index (χ4v) is 2.11. The number of rotatable bonds is 5. The van der Waals surface area contributed by atoms with Crippen LogP contribution in [0.25, 0.3) is 0 Å². The van der Waals surface area contributed by atoms with E-state index in [-0.39, 0.29) is 5.91 Å². The van der Waals surface area contributed by atoms with Crippen molar-refractivity contribution >= 4 is 11.6 Å². The Bertz CT molecular complexity index is 413. The van der Waals surface area contributed by atoms with Gasteiger partial charge in [0.25, 0.3) is 5.91 Å². The van der Waals surface area contributed by atoms with Gasteiger partial charge in [-0.15, -0.1) is 0 Å². The third kappa shape index (κ3) is 3.25. The van der Waals surface area contributed by atoms with Crippen molar-refractivity contribution in [1.82, 2.24) is 5.32 Å². The van der Waals surface area contributed by atoms with Crippen LogP contribution < -0.4 is 10.6 Å². The Balaban J connectivity index is 3.00. The van der Waals surface area contributed by atoms with Crippen LogP contribution in [0.4, 0.5) is 5.69 Å². The van der Waals surface area contributed by atoms with E-state index in [4.69, 9.17) is 0 Å². The zero-order valence-electron chi connectivity index (χ0n) is 12.0. The number of hydrogen-bond acceptors (Lipinski definition) is 2. The molecule has 0 aliphatic heterocycles. The Morgan fingerprint density at radius 2 is 2.00 bits per heavy atom. The molecule has 0 saturated heterocycles. The number of nitrogens with one attached hydrogen (secondary N) is 2. The molecule has 100 valence electrons. The molecule has 1 unspecified atom stereocenters. The van der Waals surface area contributed by atoms with Crippen molar-refractivity contribution in [2.75, 3.05) is 12.4 Å². The van der Waals surface area contributed by atoms with Crippen LogP contribution in [0.2, 0.25) is 0 Å². The number of benzene rings is 1. The first-order valence-corrected chi connectivity index (χ1v) is 6.59. The molecule has 1 aromatic rings. The van der Waals surface area contributed by atoms with Crippen molar-refractivity contribution in [2.45, 2.75) is 40.2 Å². The van der Waals surface area contributed by atoms with Crippen LogP contribution in [0.3, 0.4) is 0 Å². The molecule has 3 nitrogen and oxygen atoms in total. The molecule has 1 rings (SSSR count). The summed E-state index contributed by atoms with van der Waals surface area (Å²) in [5.74, 6) is 0.534. The minimum atomic E-state index is -0.0336. The largest absolute Gasteiger partial charge is 0.382 e. The molecule has 0 saturated carbocycles. The van der Waals surface area contributed by atoms with E-state index < -0.39 is 0 Å². The van der Waals surface area contributed by atoms with Gasteiger partial charge >= 0.3 is 0 Å². The standard InChI is InChI=1S/C15H24N2O/c1-6-13(10(2)3)17-14-9-7-8-12(11(14)4)15(18)16-5/h7-10,13,17H,6H2,1-5H3,(H,16,18). The van der Waals surface area contributed by atoms with Gasteiger partial charge in [-0.3, -0.25) is 4.79 Å². The van der Waals surface area contributed by atoms with Gasteiger partial charge in [0, 0.05) is 24.3 Å². The molecule has 3 heteroatoms. The van der Waals surface area contributed by atoms with Crippen LogP contribution in [0.5, 0.6) is 0 Å². The highest BCUT2D eigenvalue weighted by atomic mass is 16.1. The SMILES string of the molecule is CCC(Nc1cccc(C(=O)NC)c1C)C(C)C. The highest BCUT2D eigenvalue weighted by Gasteiger charge is 2.14. The molecule has 0 heterocycles. The smallest absolute Gasteiger partial charge is 0.251 e. The highest BCUT2D eigenvalue weighted by molar-refractivity contribution is 5.96. The van der Waals surface area contributed by atoms with Crippen molar-refractivity contribution in [1.29, 1.82) is 0 Å². The zero-order valence-corrected chi connectivity index (χ0v) is 12.0. The Kier molecular flexibility index (Phi) is 5.20. The lowest BCUT2D eigenvalue weighted by Gasteiger charge is -2.23. The minimum Gasteiger partial charge on any atom is -0.382 e.